The second-order valence-corrected chi connectivity index (χ2v) is 19.2. The Balaban J connectivity index is 1.18. The summed E-state index contributed by atoms with van der Waals surface area (Å²) in [6, 6.07) is 0.0407. The Morgan fingerprint density at radius 2 is 1.63 bits per heavy atom. The van der Waals surface area contributed by atoms with Crippen LogP contribution in [0.25, 0.3) is 0 Å². The van der Waals surface area contributed by atoms with E-state index in [-0.39, 0.29) is 74.1 Å². The van der Waals surface area contributed by atoms with Gasteiger partial charge in [-0.2, -0.15) is 0 Å². The lowest BCUT2D eigenvalue weighted by Crippen LogP contribution is -2.58. The lowest BCUT2D eigenvalue weighted by Gasteiger charge is -2.50. The molecular formula is C48H73NO13. The fraction of sp³-hybridized carbons (Fsp3) is 0.771. The highest BCUT2D eigenvalue weighted by molar-refractivity contribution is 5.76. The molecule has 6 aliphatic heterocycles. The SMILES string of the molecule is CN[C@H]1[C@@H](C)O[C@H](OC2[C@@H](C)O[C@H](O[C@H]3/C(C)=C/C[C@@]4(O)C[C@H](C[C@@]5(C=C[C@@H](C)[C@H](C(C)C)O5)O4)OC(=O)[C@H]4C=C(C)[C@H](O)[C@@H]5OC/C(=C\C=C\[C@H]3C)C45)C[C@H]2OC)C[C@H]1OC. The molecule has 0 aromatic carbocycles. The monoisotopic (exact) mass is 872 g/mol. The summed E-state index contributed by atoms with van der Waals surface area (Å²) >= 11 is 0. The summed E-state index contributed by atoms with van der Waals surface area (Å²) in [4.78, 5) is 14.3. The van der Waals surface area contributed by atoms with E-state index in [2.05, 4.69) is 45.2 Å². The number of rotatable bonds is 8. The lowest BCUT2D eigenvalue weighted by atomic mass is 9.75. The Kier molecular flexibility index (Phi) is 15.1. The summed E-state index contributed by atoms with van der Waals surface area (Å²) < 4.78 is 64.1. The molecule has 348 valence electrons. The van der Waals surface area contributed by atoms with Gasteiger partial charge in [-0.3, -0.25) is 4.79 Å². The van der Waals surface area contributed by atoms with Crippen LogP contribution in [0.2, 0.25) is 0 Å². The van der Waals surface area contributed by atoms with E-state index in [0.29, 0.717) is 18.4 Å². The minimum atomic E-state index is -1.76. The maximum absolute atomic E-state index is 14.3. The van der Waals surface area contributed by atoms with Crippen molar-refractivity contribution >= 4 is 5.97 Å². The minimum absolute atomic E-state index is 0.0278. The van der Waals surface area contributed by atoms with Crippen LogP contribution in [-0.2, 0) is 52.2 Å². The van der Waals surface area contributed by atoms with Gasteiger partial charge in [0, 0.05) is 64.1 Å². The standard InChI is InChI=1S/C48H73NO13/c1-25(2)42-27(4)16-18-48(61-42)23-33-22-47(52,62-48)17-15-28(5)43(26(3)13-12-14-32-24-55-45-39(32)34(46(51)58-33)19-29(6)41(45)50)59-38-21-36(54-11)44(31(8)57-38)60-37-20-35(53-10)40(49-9)30(7)56-37/h12-16,18-19,25-27,30-31,33-45,49-50,52H,17,20-24H2,1-11H3/b13-12+,28-15+,32-14+/t26-,27-,30-,31-,33-,34+,35-,36-,37-,38-,39?,40+,41+,42+,43-,44?,45-,47+,48-/m1/s1. The van der Waals surface area contributed by atoms with Crippen LogP contribution in [-0.4, -0.2) is 135 Å². The quantitative estimate of drug-likeness (QED) is 0.210. The molecule has 4 fully saturated rings. The molecule has 1 aliphatic carbocycles. The maximum Gasteiger partial charge on any atom is 0.313 e. The van der Waals surface area contributed by atoms with Crippen molar-refractivity contribution in [2.45, 2.75) is 179 Å². The number of allylic oxidation sites excluding steroid dienone is 2. The number of methoxy groups -OCH3 is 2. The van der Waals surface area contributed by atoms with Crippen molar-refractivity contribution in [3.8, 4) is 0 Å². The number of likely N-dealkylation sites (N-methyl/N-ethyl adjacent to an activating group) is 1. The average molecular weight is 872 g/mol. The molecule has 2 bridgehead atoms. The lowest BCUT2D eigenvalue weighted by molar-refractivity contribution is -0.378. The van der Waals surface area contributed by atoms with Gasteiger partial charge in [0.05, 0.1) is 61.3 Å². The van der Waals surface area contributed by atoms with E-state index in [0.717, 1.165) is 11.1 Å². The molecule has 1 spiro atoms. The van der Waals surface area contributed by atoms with Crippen LogP contribution in [0.4, 0.5) is 0 Å². The number of nitrogens with one attached hydrogen (secondary N) is 1. The highest BCUT2D eigenvalue weighted by atomic mass is 16.8. The van der Waals surface area contributed by atoms with Gasteiger partial charge in [0.25, 0.3) is 0 Å². The van der Waals surface area contributed by atoms with Crippen LogP contribution in [0, 0.1) is 29.6 Å². The summed E-state index contributed by atoms with van der Waals surface area (Å²) in [6.07, 6.45) is 9.64. The molecular weight excluding hydrogens is 799 g/mol. The fourth-order valence-electron chi connectivity index (χ4n) is 10.9. The van der Waals surface area contributed by atoms with Crippen LogP contribution >= 0.6 is 0 Å². The molecule has 0 radical (unpaired) electrons. The zero-order valence-corrected chi connectivity index (χ0v) is 38.6. The predicted octanol–water partition coefficient (Wildman–Crippen LogP) is 5.42. The second-order valence-electron chi connectivity index (χ2n) is 19.2. The van der Waals surface area contributed by atoms with Gasteiger partial charge in [0.15, 0.2) is 24.2 Å². The van der Waals surface area contributed by atoms with E-state index in [1.165, 1.54) is 0 Å². The molecule has 14 nitrogen and oxygen atoms in total. The van der Waals surface area contributed by atoms with E-state index in [1.54, 1.807) is 14.2 Å². The highest BCUT2D eigenvalue weighted by Gasteiger charge is 2.54. The molecule has 19 atom stereocenters. The summed E-state index contributed by atoms with van der Waals surface area (Å²) in [6.45, 7) is 16.4. The average Bonchev–Trinajstić information content (AvgIpc) is 3.65. The van der Waals surface area contributed by atoms with Crippen molar-refractivity contribution in [2.24, 2.45) is 29.6 Å². The molecule has 14 heteroatoms. The first-order valence-electron chi connectivity index (χ1n) is 22.8. The van der Waals surface area contributed by atoms with Gasteiger partial charge in [-0.25, -0.2) is 0 Å². The van der Waals surface area contributed by atoms with E-state index in [4.69, 9.17) is 47.4 Å². The molecule has 0 aromatic heterocycles. The van der Waals surface area contributed by atoms with Crippen molar-refractivity contribution in [3.63, 3.8) is 0 Å². The molecule has 6 heterocycles. The van der Waals surface area contributed by atoms with Gasteiger partial charge in [0.2, 0.25) is 0 Å². The number of carbonyl (C=O) groups is 1. The second kappa shape index (κ2) is 19.7. The highest BCUT2D eigenvalue weighted by Crippen LogP contribution is 2.47. The first kappa shape index (κ1) is 47.6. The number of aliphatic hydroxyl groups is 2. The smallest absolute Gasteiger partial charge is 0.313 e. The van der Waals surface area contributed by atoms with Crippen molar-refractivity contribution in [3.05, 3.63) is 59.3 Å². The normalized spacial score (nSPS) is 48.7. The molecule has 0 saturated carbocycles. The van der Waals surface area contributed by atoms with Crippen LogP contribution < -0.4 is 5.32 Å². The number of hydrogen-bond acceptors (Lipinski definition) is 14. The van der Waals surface area contributed by atoms with Gasteiger partial charge in [-0.1, -0.05) is 64.2 Å². The van der Waals surface area contributed by atoms with Gasteiger partial charge in [-0.15, -0.1) is 0 Å². The van der Waals surface area contributed by atoms with Gasteiger partial charge < -0.3 is 62.9 Å². The van der Waals surface area contributed by atoms with E-state index < -0.39 is 78.6 Å². The number of aliphatic hydroxyl groups excluding tert-OH is 1. The number of carbonyl (C=O) groups excluding carboxylic acids is 1. The summed E-state index contributed by atoms with van der Waals surface area (Å²) in [5, 5.41) is 27.0. The number of ether oxygens (including phenoxy) is 10. The molecule has 2 unspecified atom stereocenters. The molecule has 7 aliphatic rings. The van der Waals surface area contributed by atoms with Crippen molar-refractivity contribution in [1.82, 2.24) is 5.32 Å². The predicted molar refractivity (Wildman–Crippen MR) is 229 cm³/mol. The summed E-state index contributed by atoms with van der Waals surface area (Å²) in [5.74, 6) is -4.53. The third-order valence-electron chi connectivity index (χ3n) is 14.2. The molecule has 3 N–H and O–H groups in total. The van der Waals surface area contributed by atoms with E-state index >= 15 is 0 Å². The van der Waals surface area contributed by atoms with Crippen LogP contribution in [0.1, 0.15) is 87.5 Å². The Labute approximate surface area is 368 Å². The molecule has 4 saturated heterocycles. The molecule has 7 rings (SSSR count). The largest absolute Gasteiger partial charge is 0.461 e. The van der Waals surface area contributed by atoms with Crippen molar-refractivity contribution in [2.75, 3.05) is 27.9 Å². The van der Waals surface area contributed by atoms with Crippen LogP contribution in [0.3, 0.4) is 0 Å². The molecule has 0 amide bonds. The Bertz CT molecular complexity index is 1730. The zero-order valence-electron chi connectivity index (χ0n) is 38.6. The third-order valence-corrected chi connectivity index (χ3v) is 14.2. The molecule has 62 heavy (non-hydrogen) atoms. The van der Waals surface area contributed by atoms with Gasteiger partial charge in [-0.05, 0) is 63.5 Å². The van der Waals surface area contributed by atoms with Crippen molar-refractivity contribution in [1.29, 1.82) is 0 Å². The zero-order chi connectivity index (χ0) is 44.7. The van der Waals surface area contributed by atoms with Crippen LogP contribution in [0.5, 0.6) is 0 Å². The Hall–Kier alpha value is -2.31. The maximum atomic E-state index is 14.3. The first-order valence-corrected chi connectivity index (χ1v) is 22.8. The van der Waals surface area contributed by atoms with E-state index in [9.17, 15) is 15.0 Å². The van der Waals surface area contributed by atoms with Crippen molar-refractivity contribution < 1.29 is 62.4 Å². The number of esters is 1. The van der Waals surface area contributed by atoms with Gasteiger partial charge >= 0.3 is 5.97 Å². The summed E-state index contributed by atoms with van der Waals surface area (Å²) in [5.41, 5.74) is 2.41. The van der Waals surface area contributed by atoms with E-state index in [1.807, 2.05) is 65.1 Å². The number of hydrogen-bond donors (Lipinski definition) is 3. The van der Waals surface area contributed by atoms with Gasteiger partial charge in [0.1, 0.15) is 18.3 Å². The first-order chi connectivity index (χ1) is 29.5. The summed E-state index contributed by atoms with van der Waals surface area (Å²) in [7, 11) is 5.29. The third kappa shape index (κ3) is 10.1. The topological polar surface area (TPSA) is 162 Å². The Morgan fingerprint density at radius 1 is 0.919 bits per heavy atom. The molecule has 0 aromatic rings. The number of fused-ring (bicyclic) bond motifs is 2. The minimum Gasteiger partial charge on any atom is -0.461 e. The fourth-order valence-corrected chi connectivity index (χ4v) is 10.9. The Morgan fingerprint density at radius 3 is 2.34 bits per heavy atom. The van der Waals surface area contributed by atoms with Crippen LogP contribution in [0.15, 0.2) is 59.3 Å².